The predicted octanol–water partition coefficient (Wildman–Crippen LogP) is 4.93. The first-order valence-electron chi connectivity index (χ1n) is 7.49. The van der Waals surface area contributed by atoms with Gasteiger partial charge in [-0.15, -0.1) is 0 Å². The number of rotatable bonds is 6. The number of benzene rings is 1. The summed E-state index contributed by atoms with van der Waals surface area (Å²) in [5, 5.41) is 1.67. The van der Waals surface area contributed by atoms with Crippen LogP contribution in [0.5, 0.6) is 0 Å². The second kappa shape index (κ2) is 6.71. The van der Waals surface area contributed by atoms with Gasteiger partial charge in [0.25, 0.3) is 0 Å². The molecule has 104 valence electrons. The molecule has 1 rings (SSSR count). The summed E-state index contributed by atoms with van der Waals surface area (Å²) >= 11 is 0. The summed E-state index contributed by atoms with van der Waals surface area (Å²) in [4.78, 5) is 0. The second-order valence-corrected chi connectivity index (χ2v) is 11.8. The molecule has 0 heterocycles. The molecule has 0 fully saturated rings. The van der Waals surface area contributed by atoms with Crippen LogP contribution in [0, 0.1) is 5.41 Å². The molecule has 0 aliphatic heterocycles. The Balaban J connectivity index is 2.76. The molecule has 0 aromatic heterocycles. The average Bonchev–Trinajstić information content (AvgIpc) is 2.35. The van der Waals surface area contributed by atoms with Gasteiger partial charge in [-0.1, -0.05) is 0 Å². The van der Waals surface area contributed by atoms with Gasteiger partial charge >= 0.3 is 114 Å². The molecule has 0 aliphatic rings. The summed E-state index contributed by atoms with van der Waals surface area (Å²) in [6.45, 7) is 11.9. The van der Waals surface area contributed by atoms with Crippen LogP contribution < -0.4 is 5.30 Å². The average molecular weight is 266 g/mol. The predicted molar refractivity (Wildman–Crippen MR) is 89.0 cm³/mol. The van der Waals surface area contributed by atoms with Crippen molar-refractivity contribution in [2.45, 2.75) is 47.5 Å². The Hall–Kier alpha value is -0.350. The Morgan fingerprint density at radius 3 is 1.94 bits per heavy atom. The van der Waals surface area contributed by atoms with Crippen molar-refractivity contribution in [3.8, 4) is 0 Å². The van der Waals surface area contributed by atoms with Crippen LogP contribution in [0.1, 0.15) is 47.5 Å². The van der Waals surface area contributed by atoms with Crippen LogP contribution in [0.15, 0.2) is 30.3 Å². The van der Waals surface area contributed by atoms with Crippen LogP contribution in [0.3, 0.4) is 0 Å². The normalized spacial score (nSPS) is 13.6. The molecule has 0 saturated heterocycles. The molecule has 0 aliphatic carbocycles. The zero-order valence-corrected chi connectivity index (χ0v) is 13.9. The Labute approximate surface area is 115 Å². The zero-order chi connectivity index (χ0) is 13.6. The van der Waals surface area contributed by atoms with E-state index >= 15 is 0 Å². The van der Waals surface area contributed by atoms with Crippen molar-refractivity contribution in [3.05, 3.63) is 30.3 Å². The Kier molecular flexibility index (Phi) is 5.86. The van der Waals surface area contributed by atoms with Crippen LogP contribution >= 0.6 is 7.26 Å². The molecule has 0 atom stereocenters. The second-order valence-electron chi connectivity index (χ2n) is 6.77. The van der Waals surface area contributed by atoms with Gasteiger partial charge < -0.3 is 0 Å². The molecule has 0 unspecified atom stereocenters. The minimum atomic E-state index is -1.22. The van der Waals surface area contributed by atoms with Crippen LogP contribution in [0.2, 0.25) is 0 Å². The Morgan fingerprint density at radius 1 is 0.944 bits per heavy atom. The third kappa shape index (κ3) is 4.39. The summed E-state index contributed by atoms with van der Waals surface area (Å²) in [6.07, 6.45) is 6.98. The first kappa shape index (κ1) is 15.7. The van der Waals surface area contributed by atoms with Crippen LogP contribution in [0.4, 0.5) is 0 Å². The monoisotopic (exact) mass is 266 g/mol. The molecule has 18 heavy (non-hydrogen) atoms. The number of hydrogen-bond donors (Lipinski definition) is 0. The summed E-state index contributed by atoms with van der Waals surface area (Å²) in [5.74, 6) is 0. The van der Waals surface area contributed by atoms with Crippen molar-refractivity contribution in [1.29, 1.82) is 0 Å². The fraction of sp³-hybridized carbons (Fsp3) is 0.647. The molecular weight excluding hydrogens is 235 g/mol. The van der Waals surface area contributed by atoms with Gasteiger partial charge in [-0.05, 0) is 0 Å². The van der Waals surface area contributed by atoms with Crippen molar-refractivity contribution in [1.82, 2.24) is 0 Å². The summed E-state index contributed by atoms with van der Waals surface area (Å²) in [5.41, 5.74) is 0.484. The first-order chi connectivity index (χ1) is 8.43. The van der Waals surface area contributed by atoms with E-state index in [1.165, 1.54) is 31.3 Å². The molecule has 0 amide bonds. The minimum absolute atomic E-state index is 0.484. The SMILES string of the molecule is CC[PH](CC)(CCCC(C)(C)C)c1ccccc1. The van der Waals surface area contributed by atoms with Crippen LogP contribution in [-0.4, -0.2) is 18.5 Å². The Morgan fingerprint density at radius 2 is 1.50 bits per heavy atom. The van der Waals surface area contributed by atoms with E-state index in [-0.39, 0.29) is 0 Å². The fourth-order valence-electron chi connectivity index (χ4n) is 2.90. The quantitative estimate of drug-likeness (QED) is 0.641. The number of hydrogen-bond acceptors (Lipinski definition) is 0. The van der Waals surface area contributed by atoms with Crippen molar-refractivity contribution in [3.63, 3.8) is 0 Å². The summed E-state index contributed by atoms with van der Waals surface area (Å²) in [7, 11) is -1.22. The Bertz CT molecular complexity index is 330. The van der Waals surface area contributed by atoms with Gasteiger partial charge in [0.2, 0.25) is 0 Å². The van der Waals surface area contributed by atoms with Gasteiger partial charge in [0, 0.05) is 0 Å². The van der Waals surface area contributed by atoms with E-state index in [2.05, 4.69) is 65.0 Å². The maximum absolute atomic E-state index is 2.40. The maximum atomic E-state index is 2.40. The van der Waals surface area contributed by atoms with Gasteiger partial charge in [-0.25, -0.2) is 0 Å². The van der Waals surface area contributed by atoms with Gasteiger partial charge in [-0.3, -0.25) is 0 Å². The molecular formula is C17H31P. The summed E-state index contributed by atoms with van der Waals surface area (Å²) in [6, 6.07) is 11.3. The van der Waals surface area contributed by atoms with E-state index in [0.29, 0.717) is 5.41 Å². The first-order valence-corrected chi connectivity index (χ1v) is 10.1. The van der Waals surface area contributed by atoms with Crippen molar-refractivity contribution in [2.24, 2.45) is 5.41 Å². The molecule has 1 heteroatoms. The molecule has 0 radical (unpaired) electrons. The standard InChI is InChI=1S/C17H31P/c1-6-18(7-2,15-11-14-17(3,4)5)16-12-9-8-10-13-16/h8-10,12-13,18H,6-7,11,14-15H2,1-5H3. The third-order valence-electron chi connectivity index (χ3n) is 4.32. The topological polar surface area (TPSA) is 0 Å². The van der Waals surface area contributed by atoms with E-state index in [0.717, 1.165) is 0 Å². The van der Waals surface area contributed by atoms with E-state index in [4.69, 9.17) is 0 Å². The van der Waals surface area contributed by atoms with Crippen molar-refractivity contribution < 1.29 is 0 Å². The van der Waals surface area contributed by atoms with E-state index in [1.807, 2.05) is 0 Å². The van der Waals surface area contributed by atoms with Gasteiger partial charge in [-0.2, -0.15) is 0 Å². The molecule has 0 saturated carbocycles. The molecule has 0 spiro atoms. The van der Waals surface area contributed by atoms with Gasteiger partial charge in [0.05, 0.1) is 0 Å². The van der Waals surface area contributed by atoms with Gasteiger partial charge in [0.15, 0.2) is 0 Å². The summed E-state index contributed by atoms with van der Waals surface area (Å²) < 4.78 is 0. The van der Waals surface area contributed by atoms with Crippen molar-refractivity contribution >= 4 is 12.6 Å². The van der Waals surface area contributed by atoms with Gasteiger partial charge in [0.1, 0.15) is 0 Å². The van der Waals surface area contributed by atoms with E-state index in [9.17, 15) is 0 Å². The molecule has 0 bridgehead atoms. The van der Waals surface area contributed by atoms with E-state index < -0.39 is 7.26 Å². The molecule has 0 nitrogen and oxygen atoms in total. The molecule has 0 N–H and O–H groups in total. The molecule has 1 aromatic carbocycles. The fourth-order valence-corrected chi connectivity index (χ4v) is 6.97. The van der Waals surface area contributed by atoms with E-state index in [1.54, 1.807) is 5.30 Å². The van der Waals surface area contributed by atoms with Crippen LogP contribution in [-0.2, 0) is 0 Å². The van der Waals surface area contributed by atoms with Crippen molar-refractivity contribution in [2.75, 3.05) is 18.5 Å². The molecule has 1 aromatic rings. The van der Waals surface area contributed by atoms with Crippen LogP contribution in [0.25, 0.3) is 0 Å². The zero-order valence-electron chi connectivity index (χ0n) is 12.9. The third-order valence-corrected chi connectivity index (χ3v) is 9.90.